The molecule has 0 saturated carbocycles. The number of hydrogen-bond acceptors (Lipinski definition) is 2. The molecular formula is C19H21BrO2. The molecule has 0 N–H and O–H groups in total. The summed E-state index contributed by atoms with van der Waals surface area (Å²) < 4.78 is 5.70. The Kier molecular flexibility index (Phi) is 5.07. The zero-order valence-corrected chi connectivity index (χ0v) is 15.0. The average Bonchev–Trinajstić information content (AvgIpc) is 2.45. The van der Waals surface area contributed by atoms with Gasteiger partial charge in [-0.2, -0.15) is 0 Å². The maximum atomic E-state index is 11.5. The van der Waals surface area contributed by atoms with Gasteiger partial charge in [0.1, 0.15) is 0 Å². The predicted molar refractivity (Wildman–Crippen MR) is 94.0 cm³/mol. The average molecular weight is 361 g/mol. The molecule has 116 valence electrons. The van der Waals surface area contributed by atoms with Crippen molar-refractivity contribution in [2.75, 3.05) is 7.11 Å². The third kappa shape index (κ3) is 4.20. The van der Waals surface area contributed by atoms with Crippen LogP contribution in [0.3, 0.4) is 0 Å². The lowest BCUT2D eigenvalue weighted by atomic mass is 9.86. The minimum Gasteiger partial charge on any atom is -0.469 e. The molecule has 0 aliphatic carbocycles. The van der Waals surface area contributed by atoms with Gasteiger partial charge in [0.2, 0.25) is 0 Å². The van der Waals surface area contributed by atoms with Crippen LogP contribution >= 0.6 is 15.9 Å². The summed E-state index contributed by atoms with van der Waals surface area (Å²) in [5, 5.41) is 0. The van der Waals surface area contributed by atoms with Gasteiger partial charge < -0.3 is 4.74 Å². The largest absolute Gasteiger partial charge is 0.469 e. The molecule has 0 saturated heterocycles. The van der Waals surface area contributed by atoms with Crippen molar-refractivity contribution in [3.05, 3.63) is 58.1 Å². The van der Waals surface area contributed by atoms with Crippen LogP contribution in [0.15, 0.2) is 46.9 Å². The number of halogens is 1. The highest BCUT2D eigenvalue weighted by Crippen LogP contribution is 2.28. The normalized spacial score (nSPS) is 11.3. The van der Waals surface area contributed by atoms with Gasteiger partial charge in [0.25, 0.3) is 0 Å². The van der Waals surface area contributed by atoms with Crippen molar-refractivity contribution < 1.29 is 9.53 Å². The van der Waals surface area contributed by atoms with E-state index in [1.165, 1.54) is 12.7 Å². The van der Waals surface area contributed by atoms with Crippen LogP contribution in [0, 0.1) is 0 Å². The van der Waals surface area contributed by atoms with Crippen LogP contribution in [-0.4, -0.2) is 13.1 Å². The van der Waals surface area contributed by atoms with Gasteiger partial charge in [0.15, 0.2) is 0 Å². The highest BCUT2D eigenvalue weighted by molar-refractivity contribution is 9.10. The Hall–Kier alpha value is -1.61. The highest BCUT2D eigenvalue weighted by Gasteiger charge is 2.13. The first-order valence-electron chi connectivity index (χ1n) is 7.27. The molecule has 22 heavy (non-hydrogen) atoms. The maximum Gasteiger partial charge on any atom is 0.309 e. The molecule has 2 rings (SSSR count). The fourth-order valence-corrected chi connectivity index (χ4v) is 2.86. The first kappa shape index (κ1) is 16.8. The van der Waals surface area contributed by atoms with Crippen molar-refractivity contribution in [2.45, 2.75) is 32.6 Å². The maximum absolute atomic E-state index is 11.5. The number of benzene rings is 2. The Labute approximate surface area is 140 Å². The van der Waals surface area contributed by atoms with Crippen molar-refractivity contribution in [1.29, 1.82) is 0 Å². The number of ether oxygens (including phenoxy) is 1. The number of carbonyl (C=O) groups excluding carboxylic acids is 1. The molecule has 2 nitrogen and oxygen atoms in total. The van der Waals surface area contributed by atoms with E-state index >= 15 is 0 Å². The van der Waals surface area contributed by atoms with Crippen LogP contribution in [0.5, 0.6) is 0 Å². The molecule has 0 spiro atoms. The molecule has 0 aliphatic rings. The van der Waals surface area contributed by atoms with E-state index in [1.54, 1.807) is 0 Å². The third-order valence-electron chi connectivity index (χ3n) is 3.62. The summed E-state index contributed by atoms with van der Waals surface area (Å²) in [6.07, 6.45) is 0.281. The van der Waals surface area contributed by atoms with E-state index < -0.39 is 0 Å². The Morgan fingerprint density at radius 2 is 1.68 bits per heavy atom. The molecule has 2 aromatic rings. The first-order valence-corrected chi connectivity index (χ1v) is 8.06. The lowest BCUT2D eigenvalue weighted by Crippen LogP contribution is -2.10. The molecular weight excluding hydrogens is 340 g/mol. The molecule has 2 aromatic carbocycles. The van der Waals surface area contributed by atoms with Crippen LogP contribution in [0.1, 0.15) is 31.9 Å². The van der Waals surface area contributed by atoms with Crippen molar-refractivity contribution in [1.82, 2.24) is 0 Å². The van der Waals surface area contributed by atoms with E-state index in [-0.39, 0.29) is 17.8 Å². The standard InChI is InChI=1S/C19H21BrO2/c1-19(2,3)16-7-5-14(6-8-16)15-9-13(10-17(20)12-15)11-18(21)22-4/h5-10,12H,11H2,1-4H3. The molecule has 3 heteroatoms. The molecule has 0 atom stereocenters. The fourth-order valence-electron chi connectivity index (χ4n) is 2.32. The van der Waals surface area contributed by atoms with Gasteiger partial charge in [-0.05, 0) is 39.8 Å². The van der Waals surface area contributed by atoms with Gasteiger partial charge in [-0.15, -0.1) is 0 Å². The van der Waals surface area contributed by atoms with Gasteiger partial charge >= 0.3 is 5.97 Å². The summed E-state index contributed by atoms with van der Waals surface area (Å²) >= 11 is 3.52. The van der Waals surface area contributed by atoms with Crippen LogP contribution < -0.4 is 0 Å². The van der Waals surface area contributed by atoms with Crippen molar-refractivity contribution >= 4 is 21.9 Å². The van der Waals surface area contributed by atoms with E-state index in [9.17, 15) is 4.79 Å². The number of rotatable bonds is 3. The molecule has 0 amide bonds. The molecule has 0 fully saturated rings. The Morgan fingerprint density at radius 3 is 2.23 bits per heavy atom. The summed E-state index contributed by atoms with van der Waals surface area (Å²) in [6.45, 7) is 6.61. The zero-order chi connectivity index (χ0) is 16.3. The number of methoxy groups -OCH3 is 1. The smallest absolute Gasteiger partial charge is 0.309 e. The van der Waals surface area contributed by atoms with E-state index in [0.29, 0.717) is 0 Å². The third-order valence-corrected chi connectivity index (χ3v) is 4.08. The molecule has 0 aromatic heterocycles. The van der Waals surface area contributed by atoms with Gasteiger partial charge in [-0.1, -0.05) is 67.0 Å². The van der Waals surface area contributed by atoms with Gasteiger partial charge in [-0.25, -0.2) is 0 Å². The van der Waals surface area contributed by atoms with Crippen molar-refractivity contribution in [3.63, 3.8) is 0 Å². The minimum atomic E-state index is -0.230. The number of carbonyl (C=O) groups is 1. The second-order valence-corrected chi connectivity index (χ2v) is 7.34. The van der Waals surface area contributed by atoms with E-state index in [0.717, 1.165) is 21.2 Å². The second kappa shape index (κ2) is 6.66. The monoisotopic (exact) mass is 360 g/mol. The summed E-state index contributed by atoms with van der Waals surface area (Å²) in [4.78, 5) is 11.5. The van der Waals surface area contributed by atoms with Gasteiger partial charge in [0.05, 0.1) is 13.5 Å². The number of esters is 1. The Morgan fingerprint density at radius 1 is 1.05 bits per heavy atom. The van der Waals surface area contributed by atoms with Crippen molar-refractivity contribution in [3.8, 4) is 11.1 Å². The Balaban J connectivity index is 2.34. The molecule has 0 aliphatic heterocycles. The summed E-state index contributed by atoms with van der Waals surface area (Å²) in [5.41, 5.74) is 4.62. The molecule has 0 heterocycles. The van der Waals surface area contributed by atoms with Crippen LogP contribution in [0.4, 0.5) is 0 Å². The lowest BCUT2D eigenvalue weighted by Gasteiger charge is -2.19. The summed E-state index contributed by atoms with van der Waals surface area (Å²) in [7, 11) is 1.41. The Bertz CT molecular complexity index is 667. The second-order valence-electron chi connectivity index (χ2n) is 6.43. The highest BCUT2D eigenvalue weighted by atomic mass is 79.9. The molecule has 0 bridgehead atoms. The molecule has 0 radical (unpaired) electrons. The van der Waals surface area contributed by atoms with Crippen LogP contribution in [0.2, 0.25) is 0 Å². The predicted octanol–water partition coefficient (Wildman–Crippen LogP) is 5.13. The molecule has 0 unspecified atom stereocenters. The van der Waals surface area contributed by atoms with Crippen LogP contribution in [0.25, 0.3) is 11.1 Å². The first-order chi connectivity index (χ1) is 10.3. The van der Waals surface area contributed by atoms with E-state index in [4.69, 9.17) is 4.74 Å². The SMILES string of the molecule is COC(=O)Cc1cc(Br)cc(-c2ccc(C(C)(C)C)cc2)c1. The van der Waals surface area contributed by atoms with Crippen LogP contribution in [-0.2, 0) is 21.4 Å². The van der Waals surface area contributed by atoms with E-state index in [1.807, 2.05) is 12.1 Å². The summed E-state index contributed by atoms with van der Waals surface area (Å²) in [6, 6.07) is 14.6. The minimum absolute atomic E-state index is 0.145. The fraction of sp³-hybridized carbons (Fsp3) is 0.316. The topological polar surface area (TPSA) is 26.3 Å². The van der Waals surface area contributed by atoms with Crippen molar-refractivity contribution in [2.24, 2.45) is 0 Å². The number of hydrogen-bond donors (Lipinski definition) is 0. The van der Waals surface area contributed by atoms with Gasteiger partial charge in [0, 0.05) is 4.47 Å². The lowest BCUT2D eigenvalue weighted by molar-refractivity contribution is -0.139. The summed E-state index contributed by atoms with van der Waals surface area (Å²) in [5.74, 6) is -0.230. The van der Waals surface area contributed by atoms with Gasteiger partial charge in [-0.3, -0.25) is 4.79 Å². The zero-order valence-electron chi connectivity index (χ0n) is 13.4. The quantitative estimate of drug-likeness (QED) is 0.709. The van der Waals surface area contributed by atoms with E-state index in [2.05, 4.69) is 67.0 Å².